The number of hydrogen-bond acceptors (Lipinski definition) is 1. The quantitative estimate of drug-likeness (QED) is 0.795. The molecule has 0 saturated carbocycles. The van der Waals surface area contributed by atoms with E-state index in [4.69, 9.17) is 11.6 Å². The maximum atomic E-state index is 13.1. The normalized spacial score (nSPS) is 16.5. The summed E-state index contributed by atoms with van der Waals surface area (Å²) >= 11 is 9.14. The number of piperidine rings is 1. The van der Waals surface area contributed by atoms with Gasteiger partial charge in [-0.15, -0.1) is 0 Å². The van der Waals surface area contributed by atoms with Crippen LogP contribution in [0.2, 0.25) is 5.02 Å². The molecular formula is C13H15BrClFN2O. The van der Waals surface area contributed by atoms with E-state index in [9.17, 15) is 9.18 Å². The molecule has 0 spiro atoms. The van der Waals surface area contributed by atoms with Crippen molar-refractivity contribution in [3.8, 4) is 0 Å². The molecule has 2 amide bonds. The number of amides is 2. The first-order chi connectivity index (χ1) is 8.97. The molecule has 1 saturated heterocycles. The maximum Gasteiger partial charge on any atom is 0.321 e. The molecule has 104 valence electrons. The molecule has 0 aromatic heterocycles. The SMILES string of the molecule is CC1CCN(C(=O)Nc2c(Cl)cc(F)cc2Br)CC1. The van der Waals surface area contributed by atoms with Crippen LogP contribution in [-0.2, 0) is 0 Å². The largest absolute Gasteiger partial charge is 0.325 e. The van der Waals surface area contributed by atoms with Crippen LogP contribution in [0.1, 0.15) is 19.8 Å². The Morgan fingerprint density at radius 3 is 2.68 bits per heavy atom. The molecule has 1 aliphatic heterocycles. The third-order valence-electron chi connectivity index (χ3n) is 3.31. The van der Waals surface area contributed by atoms with Gasteiger partial charge in [-0.3, -0.25) is 0 Å². The fraction of sp³-hybridized carbons (Fsp3) is 0.462. The summed E-state index contributed by atoms with van der Waals surface area (Å²) in [6.45, 7) is 3.66. The van der Waals surface area contributed by atoms with E-state index in [0.29, 0.717) is 16.1 Å². The monoisotopic (exact) mass is 348 g/mol. The molecule has 0 unspecified atom stereocenters. The van der Waals surface area contributed by atoms with E-state index in [1.807, 2.05) is 0 Å². The summed E-state index contributed by atoms with van der Waals surface area (Å²) in [4.78, 5) is 13.9. The fourth-order valence-corrected chi connectivity index (χ4v) is 2.96. The lowest BCUT2D eigenvalue weighted by molar-refractivity contribution is 0.186. The van der Waals surface area contributed by atoms with Crippen LogP contribution in [0.15, 0.2) is 16.6 Å². The number of benzene rings is 1. The molecule has 1 aromatic carbocycles. The van der Waals surface area contributed by atoms with Gasteiger partial charge in [0.1, 0.15) is 5.82 Å². The van der Waals surface area contributed by atoms with E-state index in [1.54, 1.807) is 4.90 Å². The van der Waals surface area contributed by atoms with Gasteiger partial charge in [0, 0.05) is 17.6 Å². The Bertz CT molecular complexity index is 467. The molecule has 1 fully saturated rings. The third-order valence-corrected chi connectivity index (χ3v) is 4.23. The summed E-state index contributed by atoms with van der Waals surface area (Å²) in [5.41, 5.74) is 0.409. The Balaban J connectivity index is 2.07. The zero-order valence-electron chi connectivity index (χ0n) is 10.5. The van der Waals surface area contributed by atoms with Crippen molar-refractivity contribution in [2.75, 3.05) is 18.4 Å². The third kappa shape index (κ3) is 3.60. The van der Waals surface area contributed by atoms with Gasteiger partial charge in [-0.05, 0) is 46.8 Å². The first-order valence-electron chi connectivity index (χ1n) is 6.18. The smallest absolute Gasteiger partial charge is 0.321 e. The van der Waals surface area contributed by atoms with Crippen LogP contribution in [-0.4, -0.2) is 24.0 Å². The Kier molecular flexibility index (Phi) is 4.68. The first kappa shape index (κ1) is 14.6. The van der Waals surface area contributed by atoms with Crippen molar-refractivity contribution in [3.05, 3.63) is 27.4 Å². The number of nitrogens with one attached hydrogen (secondary N) is 1. The zero-order valence-corrected chi connectivity index (χ0v) is 12.9. The molecule has 3 nitrogen and oxygen atoms in total. The van der Waals surface area contributed by atoms with Crippen molar-refractivity contribution in [1.29, 1.82) is 0 Å². The topological polar surface area (TPSA) is 32.3 Å². The van der Waals surface area contributed by atoms with Crippen LogP contribution in [0.3, 0.4) is 0 Å². The van der Waals surface area contributed by atoms with Crippen molar-refractivity contribution in [2.24, 2.45) is 5.92 Å². The van der Waals surface area contributed by atoms with Crippen molar-refractivity contribution in [2.45, 2.75) is 19.8 Å². The predicted octanol–water partition coefficient (Wildman–Crippen LogP) is 4.51. The number of anilines is 1. The Labute approximate surface area is 125 Å². The van der Waals surface area contributed by atoms with E-state index < -0.39 is 5.82 Å². The Morgan fingerprint density at radius 2 is 2.11 bits per heavy atom. The highest BCUT2D eigenvalue weighted by molar-refractivity contribution is 9.10. The van der Waals surface area contributed by atoms with E-state index in [2.05, 4.69) is 28.2 Å². The summed E-state index contributed by atoms with van der Waals surface area (Å²) in [6, 6.07) is 2.26. The van der Waals surface area contributed by atoms with E-state index in [1.165, 1.54) is 12.1 Å². The van der Waals surface area contributed by atoms with Crippen molar-refractivity contribution in [3.63, 3.8) is 0 Å². The molecule has 1 N–H and O–H groups in total. The predicted molar refractivity (Wildman–Crippen MR) is 78.1 cm³/mol. The minimum absolute atomic E-state index is 0.186. The summed E-state index contributed by atoms with van der Waals surface area (Å²) in [7, 11) is 0. The van der Waals surface area contributed by atoms with Gasteiger partial charge in [0.25, 0.3) is 0 Å². The summed E-state index contributed by atoms with van der Waals surface area (Å²) < 4.78 is 13.5. The Hall–Kier alpha value is -0.810. The highest BCUT2D eigenvalue weighted by atomic mass is 79.9. The average Bonchev–Trinajstić information content (AvgIpc) is 2.34. The van der Waals surface area contributed by atoms with Gasteiger partial charge in [-0.1, -0.05) is 18.5 Å². The van der Waals surface area contributed by atoms with Gasteiger partial charge in [-0.25, -0.2) is 9.18 Å². The van der Waals surface area contributed by atoms with Gasteiger partial charge in [0.2, 0.25) is 0 Å². The number of carbonyl (C=O) groups excluding carboxylic acids is 1. The second-order valence-corrected chi connectivity index (χ2v) is 6.11. The number of nitrogens with zero attached hydrogens (tertiary/aromatic N) is 1. The van der Waals surface area contributed by atoms with Gasteiger partial charge in [-0.2, -0.15) is 0 Å². The average molecular weight is 350 g/mol. The van der Waals surface area contributed by atoms with Gasteiger partial charge in [0.15, 0.2) is 0 Å². The molecule has 19 heavy (non-hydrogen) atoms. The molecule has 1 aromatic rings. The molecule has 0 atom stereocenters. The molecule has 0 aliphatic carbocycles. The van der Waals surface area contributed by atoms with Crippen LogP contribution in [0.4, 0.5) is 14.9 Å². The lowest BCUT2D eigenvalue weighted by Gasteiger charge is -2.30. The molecule has 1 aliphatic rings. The summed E-state index contributed by atoms with van der Waals surface area (Å²) in [5.74, 6) is 0.215. The lowest BCUT2D eigenvalue weighted by atomic mass is 10.00. The van der Waals surface area contributed by atoms with Crippen molar-refractivity contribution >= 4 is 39.2 Å². The first-order valence-corrected chi connectivity index (χ1v) is 7.35. The highest BCUT2D eigenvalue weighted by Gasteiger charge is 2.21. The number of likely N-dealkylation sites (tertiary alicyclic amines) is 1. The van der Waals surface area contributed by atoms with Crippen LogP contribution >= 0.6 is 27.5 Å². The number of carbonyl (C=O) groups is 1. The van der Waals surface area contributed by atoms with Gasteiger partial charge < -0.3 is 10.2 Å². The van der Waals surface area contributed by atoms with Crippen LogP contribution in [0.25, 0.3) is 0 Å². The number of rotatable bonds is 1. The standard InChI is InChI=1S/C13H15BrClFN2O/c1-8-2-4-18(5-3-8)13(19)17-12-10(14)6-9(16)7-11(12)15/h6-8H,2-5H2,1H3,(H,17,19). The highest BCUT2D eigenvalue weighted by Crippen LogP contribution is 2.32. The summed E-state index contributed by atoms with van der Waals surface area (Å²) in [5, 5.41) is 2.92. The number of urea groups is 1. The number of halogens is 3. The molecule has 1 heterocycles. The minimum Gasteiger partial charge on any atom is -0.325 e. The van der Waals surface area contributed by atoms with Crippen LogP contribution in [0.5, 0.6) is 0 Å². The Morgan fingerprint density at radius 1 is 1.47 bits per heavy atom. The van der Waals surface area contributed by atoms with Crippen molar-refractivity contribution < 1.29 is 9.18 Å². The van der Waals surface area contributed by atoms with E-state index in [0.717, 1.165) is 25.9 Å². The summed E-state index contributed by atoms with van der Waals surface area (Å²) in [6.07, 6.45) is 2.01. The maximum absolute atomic E-state index is 13.1. The second kappa shape index (κ2) is 6.09. The molecule has 6 heteroatoms. The van der Waals surface area contributed by atoms with Crippen LogP contribution < -0.4 is 5.32 Å². The van der Waals surface area contributed by atoms with E-state index >= 15 is 0 Å². The number of hydrogen-bond donors (Lipinski definition) is 1. The second-order valence-electron chi connectivity index (χ2n) is 4.84. The fourth-order valence-electron chi connectivity index (χ4n) is 2.06. The van der Waals surface area contributed by atoms with Gasteiger partial charge >= 0.3 is 6.03 Å². The van der Waals surface area contributed by atoms with E-state index in [-0.39, 0.29) is 11.1 Å². The minimum atomic E-state index is -0.443. The molecule has 0 radical (unpaired) electrons. The van der Waals surface area contributed by atoms with Crippen LogP contribution in [0, 0.1) is 11.7 Å². The lowest BCUT2D eigenvalue weighted by Crippen LogP contribution is -2.40. The zero-order chi connectivity index (χ0) is 14.0. The molecule has 0 bridgehead atoms. The van der Waals surface area contributed by atoms with Crippen molar-refractivity contribution in [1.82, 2.24) is 4.90 Å². The molecular weight excluding hydrogens is 335 g/mol. The van der Waals surface area contributed by atoms with Gasteiger partial charge in [0.05, 0.1) is 10.7 Å². The molecule has 2 rings (SSSR count).